The molecule has 2 heterocycles. The summed E-state index contributed by atoms with van der Waals surface area (Å²) in [5.41, 5.74) is 1.96. The van der Waals surface area contributed by atoms with Crippen molar-refractivity contribution in [2.75, 3.05) is 25.5 Å². The lowest BCUT2D eigenvalue weighted by molar-refractivity contribution is -0.135. The summed E-state index contributed by atoms with van der Waals surface area (Å²) in [5, 5.41) is 2.94. The molecular formula is C23H23N3O4S. The Hall–Kier alpha value is -3.39. The van der Waals surface area contributed by atoms with E-state index in [0.717, 1.165) is 10.7 Å². The minimum absolute atomic E-state index is 0.135. The molecule has 0 radical (unpaired) electrons. The van der Waals surface area contributed by atoms with Crippen molar-refractivity contribution in [2.45, 2.75) is 19.6 Å². The number of amides is 2. The molecule has 0 aliphatic carbocycles. The number of hydrogen-bond donors (Lipinski definition) is 0. The van der Waals surface area contributed by atoms with E-state index in [0.29, 0.717) is 29.4 Å². The molecule has 0 unspecified atom stereocenters. The molecule has 1 aliphatic heterocycles. The second-order valence-corrected chi connectivity index (χ2v) is 8.46. The van der Waals surface area contributed by atoms with Crippen molar-refractivity contribution in [3.8, 4) is 11.5 Å². The largest absolute Gasteiger partial charge is 0.487 e. The van der Waals surface area contributed by atoms with E-state index in [1.807, 2.05) is 36.6 Å². The smallest absolute Gasteiger partial charge is 0.265 e. The van der Waals surface area contributed by atoms with Gasteiger partial charge in [-0.1, -0.05) is 18.2 Å². The Kier molecular flexibility index (Phi) is 5.90. The van der Waals surface area contributed by atoms with E-state index >= 15 is 0 Å². The van der Waals surface area contributed by atoms with Crippen molar-refractivity contribution in [3.05, 3.63) is 70.2 Å². The predicted octanol–water partition coefficient (Wildman–Crippen LogP) is 3.53. The van der Waals surface area contributed by atoms with Crippen LogP contribution in [-0.2, 0) is 11.4 Å². The number of anilines is 1. The Labute approximate surface area is 184 Å². The molecular weight excluding hydrogens is 414 g/mol. The molecule has 0 saturated heterocycles. The first kappa shape index (κ1) is 20.9. The zero-order valence-electron chi connectivity index (χ0n) is 17.6. The second kappa shape index (κ2) is 8.77. The van der Waals surface area contributed by atoms with Gasteiger partial charge in [-0.15, -0.1) is 11.3 Å². The number of carbonyl (C=O) groups is 2. The molecule has 0 fully saturated rings. The normalized spacial score (nSPS) is 15.1. The minimum atomic E-state index is -0.763. The Morgan fingerprint density at radius 3 is 2.77 bits per heavy atom. The van der Waals surface area contributed by atoms with Gasteiger partial charge in [-0.05, 0) is 37.3 Å². The number of carbonyl (C=O) groups excluding carboxylic acids is 2. The summed E-state index contributed by atoms with van der Waals surface area (Å²) in [6.45, 7) is 2.42. The summed E-state index contributed by atoms with van der Waals surface area (Å²) in [6.07, 6.45) is -0.763. The number of aromatic nitrogens is 1. The lowest BCUT2D eigenvalue weighted by Crippen LogP contribution is -2.50. The highest BCUT2D eigenvalue weighted by Crippen LogP contribution is 2.34. The van der Waals surface area contributed by atoms with E-state index in [9.17, 15) is 9.59 Å². The maximum absolute atomic E-state index is 13.4. The topological polar surface area (TPSA) is 72.0 Å². The predicted molar refractivity (Wildman–Crippen MR) is 119 cm³/mol. The van der Waals surface area contributed by atoms with Gasteiger partial charge < -0.3 is 19.3 Å². The van der Waals surface area contributed by atoms with Gasteiger partial charge in [-0.25, -0.2) is 4.98 Å². The fourth-order valence-corrected chi connectivity index (χ4v) is 3.95. The van der Waals surface area contributed by atoms with Crippen LogP contribution in [0.25, 0.3) is 0 Å². The first-order chi connectivity index (χ1) is 14.9. The van der Waals surface area contributed by atoms with E-state index in [-0.39, 0.29) is 18.4 Å². The SMILES string of the molecule is Cc1nc(COc2cccc(C(=O)N3C[C@H](C(=O)N(C)C)Oc4ccccc43)c2)cs1. The lowest BCUT2D eigenvalue weighted by atomic mass is 10.1. The third kappa shape index (κ3) is 4.54. The summed E-state index contributed by atoms with van der Waals surface area (Å²) in [7, 11) is 3.34. The number of ether oxygens (including phenoxy) is 2. The molecule has 0 spiro atoms. The average molecular weight is 438 g/mol. The fraction of sp³-hybridized carbons (Fsp3) is 0.261. The van der Waals surface area contributed by atoms with Gasteiger partial charge in [0.1, 0.15) is 18.1 Å². The molecule has 8 heteroatoms. The summed E-state index contributed by atoms with van der Waals surface area (Å²) < 4.78 is 11.7. The van der Waals surface area contributed by atoms with Gasteiger partial charge in [0.2, 0.25) is 0 Å². The van der Waals surface area contributed by atoms with Crippen LogP contribution < -0.4 is 14.4 Å². The van der Waals surface area contributed by atoms with Crippen LogP contribution in [0.1, 0.15) is 21.1 Å². The van der Waals surface area contributed by atoms with Gasteiger partial charge in [0.05, 0.1) is 22.9 Å². The number of para-hydroxylation sites is 2. The van der Waals surface area contributed by atoms with Crippen LogP contribution in [0.4, 0.5) is 5.69 Å². The third-order valence-electron chi connectivity index (χ3n) is 4.87. The van der Waals surface area contributed by atoms with Gasteiger partial charge in [-0.3, -0.25) is 9.59 Å². The number of nitrogens with zero attached hydrogens (tertiary/aromatic N) is 3. The Morgan fingerprint density at radius 2 is 2.03 bits per heavy atom. The van der Waals surface area contributed by atoms with Crippen LogP contribution in [0, 0.1) is 6.92 Å². The van der Waals surface area contributed by atoms with E-state index in [1.54, 1.807) is 54.6 Å². The number of likely N-dealkylation sites (N-methyl/N-ethyl adjacent to an activating group) is 1. The number of thiazole rings is 1. The maximum Gasteiger partial charge on any atom is 0.265 e. The van der Waals surface area contributed by atoms with Gasteiger partial charge in [0, 0.05) is 25.0 Å². The highest BCUT2D eigenvalue weighted by atomic mass is 32.1. The van der Waals surface area contributed by atoms with Crippen LogP contribution in [0.2, 0.25) is 0 Å². The van der Waals surface area contributed by atoms with Crippen LogP contribution in [0.15, 0.2) is 53.9 Å². The molecule has 2 aromatic carbocycles. The Morgan fingerprint density at radius 1 is 1.23 bits per heavy atom. The molecule has 31 heavy (non-hydrogen) atoms. The molecule has 1 aliphatic rings. The van der Waals surface area contributed by atoms with Crippen molar-refractivity contribution in [2.24, 2.45) is 0 Å². The Bertz CT molecular complexity index is 1110. The zero-order valence-corrected chi connectivity index (χ0v) is 18.4. The maximum atomic E-state index is 13.4. The molecule has 0 N–H and O–H groups in total. The van der Waals surface area contributed by atoms with Gasteiger partial charge in [-0.2, -0.15) is 0 Å². The third-order valence-corrected chi connectivity index (χ3v) is 5.69. The molecule has 0 saturated carbocycles. The number of benzene rings is 2. The lowest BCUT2D eigenvalue weighted by Gasteiger charge is -2.35. The van der Waals surface area contributed by atoms with Gasteiger partial charge in [0.25, 0.3) is 11.8 Å². The molecule has 3 aromatic rings. The van der Waals surface area contributed by atoms with Crippen LogP contribution in [-0.4, -0.2) is 48.4 Å². The zero-order chi connectivity index (χ0) is 22.0. The number of aryl methyl sites for hydroxylation is 1. The molecule has 0 bridgehead atoms. The van der Waals surface area contributed by atoms with Crippen molar-refractivity contribution in [1.29, 1.82) is 0 Å². The van der Waals surface area contributed by atoms with Crippen molar-refractivity contribution in [3.63, 3.8) is 0 Å². The first-order valence-corrected chi connectivity index (χ1v) is 10.7. The second-order valence-electron chi connectivity index (χ2n) is 7.40. The standard InChI is InChI=1S/C23H23N3O4S/c1-15-24-17(14-31-15)13-29-18-8-6-7-16(11-18)22(27)26-12-21(23(28)25(2)3)30-20-10-5-4-9-19(20)26/h4-11,14,21H,12-13H2,1-3H3/t21-/m1/s1. The monoisotopic (exact) mass is 437 g/mol. The minimum Gasteiger partial charge on any atom is -0.487 e. The molecule has 1 atom stereocenters. The van der Waals surface area contributed by atoms with Crippen LogP contribution in [0.3, 0.4) is 0 Å². The first-order valence-electron chi connectivity index (χ1n) is 9.85. The number of rotatable bonds is 5. The molecule has 1 aromatic heterocycles. The summed E-state index contributed by atoms with van der Waals surface area (Å²) in [4.78, 5) is 33.4. The van der Waals surface area contributed by atoms with E-state index in [1.165, 1.54) is 4.90 Å². The van der Waals surface area contributed by atoms with Gasteiger partial charge in [0.15, 0.2) is 6.10 Å². The summed E-state index contributed by atoms with van der Waals surface area (Å²) in [5.74, 6) is 0.678. The highest BCUT2D eigenvalue weighted by molar-refractivity contribution is 7.09. The molecule has 4 rings (SSSR count). The Balaban J connectivity index is 1.57. The van der Waals surface area contributed by atoms with Crippen LogP contribution in [0.5, 0.6) is 11.5 Å². The van der Waals surface area contributed by atoms with E-state index in [4.69, 9.17) is 9.47 Å². The molecule has 160 valence electrons. The molecule has 2 amide bonds. The van der Waals surface area contributed by atoms with E-state index in [2.05, 4.69) is 4.98 Å². The number of hydrogen-bond acceptors (Lipinski definition) is 6. The quantitative estimate of drug-likeness (QED) is 0.611. The summed E-state index contributed by atoms with van der Waals surface area (Å²) >= 11 is 1.57. The van der Waals surface area contributed by atoms with Crippen LogP contribution >= 0.6 is 11.3 Å². The van der Waals surface area contributed by atoms with Crippen molar-refractivity contribution in [1.82, 2.24) is 9.88 Å². The van der Waals surface area contributed by atoms with Gasteiger partial charge >= 0.3 is 0 Å². The van der Waals surface area contributed by atoms with Crippen molar-refractivity contribution >= 4 is 28.8 Å². The van der Waals surface area contributed by atoms with E-state index < -0.39 is 6.10 Å². The average Bonchev–Trinajstić information content (AvgIpc) is 3.21. The number of fused-ring (bicyclic) bond motifs is 1. The highest BCUT2D eigenvalue weighted by Gasteiger charge is 2.35. The van der Waals surface area contributed by atoms with Crippen molar-refractivity contribution < 1.29 is 19.1 Å². The molecule has 7 nitrogen and oxygen atoms in total. The fourth-order valence-electron chi connectivity index (χ4n) is 3.35. The summed E-state index contributed by atoms with van der Waals surface area (Å²) in [6, 6.07) is 14.3.